The molecule has 0 aromatic heterocycles. The average molecular weight is 232 g/mol. The molecule has 0 fully saturated rings. The molecule has 0 radical (unpaired) electrons. The molecule has 0 rings (SSSR count). The van der Waals surface area contributed by atoms with Crippen molar-refractivity contribution in [3.63, 3.8) is 0 Å². The number of hydrogen-bond acceptors (Lipinski definition) is 4. The first kappa shape index (κ1) is 15.8. The Labute approximate surface area is 99.9 Å². The van der Waals surface area contributed by atoms with Crippen LogP contribution >= 0.6 is 0 Å². The molecule has 3 atom stereocenters. The molecular weight excluding hydrogens is 204 g/mol. The zero-order chi connectivity index (χ0) is 12.7. The van der Waals surface area contributed by atoms with E-state index in [0.717, 1.165) is 13.1 Å². The summed E-state index contributed by atoms with van der Waals surface area (Å²) in [7, 11) is 4.02. The molecule has 4 nitrogen and oxygen atoms in total. The molecule has 2 N–H and O–H groups in total. The number of aliphatic hydroxyl groups excluding tert-OH is 2. The molecule has 0 aromatic carbocycles. The normalized spacial score (nSPS) is 17.8. The fourth-order valence-electron chi connectivity index (χ4n) is 1.98. The topological polar surface area (TPSA) is 46.9 Å². The van der Waals surface area contributed by atoms with E-state index >= 15 is 0 Å². The second-order valence-electron chi connectivity index (χ2n) is 4.44. The van der Waals surface area contributed by atoms with Crippen LogP contribution in [0.15, 0.2) is 0 Å². The van der Waals surface area contributed by atoms with E-state index in [4.69, 9.17) is 0 Å². The fraction of sp³-hybridized carbons (Fsp3) is 1.00. The predicted octanol–water partition coefficient (Wildman–Crippen LogP) is 0.738. The van der Waals surface area contributed by atoms with Gasteiger partial charge in [0.05, 0.1) is 18.4 Å². The third kappa shape index (κ3) is 4.78. The van der Waals surface area contributed by atoms with E-state index in [1.165, 1.54) is 0 Å². The van der Waals surface area contributed by atoms with Gasteiger partial charge in [-0.3, -0.25) is 9.80 Å². The van der Waals surface area contributed by atoms with Crippen LogP contribution in [0.3, 0.4) is 0 Å². The maximum atomic E-state index is 9.87. The zero-order valence-electron chi connectivity index (χ0n) is 11.3. The van der Waals surface area contributed by atoms with Crippen molar-refractivity contribution < 1.29 is 10.2 Å². The highest BCUT2D eigenvalue weighted by Gasteiger charge is 2.24. The molecule has 0 spiro atoms. The minimum Gasteiger partial charge on any atom is -0.390 e. The van der Waals surface area contributed by atoms with Gasteiger partial charge in [0.15, 0.2) is 0 Å². The lowest BCUT2D eigenvalue weighted by Crippen LogP contribution is -2.48. The second kappa shape index (κ2) is 8.01. The summed E-state index contributed by atoms with van der Waals surface area (Å²) in [6.07, 6.45) is 0.116. The van der Waals surface area contributed by atoms with Gasteiger partial charge in [-0.15, -0.1) is 0 Å². The predicted molar refractivity (Wildman–Crippen MR) is 67.3 cm³/mol. The molecule has 0 aliphatic carbocycles. The Hall–Kier alpha value is -0.160. The van der Waals surface area contributed by atoms with Gasteiger partial charge in [0.25, 0.3) is 0 Å². The van der Waals surface area contributed by atoms with Crippen LogP contribution in [0.2, 0.25) is 0 Å². The second-order valence-corrected chi connectivity index (χ2v) is 4.44. The summed E-state index contributed by atoms with van der Waals surface area (Å²) < 4.78 is 0. The van der Waals surface area contributed by atoms with Gasteiger partial charge in [-0.1, -0.05) is 20.8 Å². The van der Waals surface area contributed by atoms with E-state index in [-0.39, 0.29) is 6.17 Å². The highest BCUT2D eigenvalue weighted by molar-refractivity contribution is 4.75. The zero-order valence-corrected chi connectivity index (χ0v) is 11.3. The fourth-order valence-corrected chi connectivity index (χ4v) is 1.98. The average Bonchev–Trinajstić information content (AvgIpc) is 2.27. The van der Waals surface area contributed by atoms with Crippen molar-refractivity contribution in [2.24, 2.45) is 0 Å². The van der Waals surface area contributed by atoms with Gasteiger partial charge in [0.1, 0.15) is 0 Å². The molecule has 0 heterocycles. The van der Waals surface area contributed by atoms with Crippen LogP contribution in [-0.2, 0) is 0 Å². The SMILES string of the molecule is CCC(O)C(O)CC(N(C)C)N(CC)CC. The van der Waals surface area contributed by atoms with Gasteiger partial charge in [-0.25, -0.2) is 0 Å². The molecule has 16 heavy (non-hydrogen) atoms. The Morgan fingerprint density at radius 1 is 0.938 bits per heavy atom. The summed E-state index contributed by atoms with van der Waals surface area (Å²) in [5.74, 6) is 0. The van der Waals surface area contributed by atoms with Gasteiger partial charge >= 0.3 is 0 Å². The summed E-state index contributed by atoms with van der Waals surface area (Å²) in [6.45, 7) is 8.02. The molecular formula is C12H28N2O2. The molecule has 0 amide bonds. The Balaban J connectivity index is 4.43. The van der Waals surface area contributed by atoms with Crippen LogP contribution in [0.5, 0.6) is 0 Å². The van der Waals surface area contributed by atoms with Crippen LogP contribution in [0, 0.1) is 0 Å². The molecule has 0 aromatic rings. The van der Waals surface area contributed by atoms with Gasteiger partial charge in [0, 0.05) is 6.42 Å². The minimum atomic E-state index is -0.641. The monoisotopic (exact) mass is 232 g/mol. The van der Waals surface area contributed by atoms with Crippen LogP contribution in [0.4, 0.5) is 0 Å². The summed E-state index contributed by atoms with van der Waals surface area (Å²) in [4.78, 5) is 4.38. The Morgan fingerprint density at radius 2 is 1.44 bits per heavy atom. The number of hydrogen-bond donors (Lipinski definition) is 2. The largest absolute Gasteiger partial charge is 0.390 e. The van der Waals surface area contributed by atoms with Crippen molar-refractivity contribution in [1.29, 1.82) is 0 Å². The van der Waals surface area contributed by atoms with Gasteiger partial charge in [-0.2, -0.15) is 0 Å². The minimum absolute atomic E-state index is 0.186. The summed E-state index contributed by atoms with van der Waals surface area (Å²) >= 11 is 0. The summed E-state index contributed by atoms with van der Waals surface area (Å²) in [6, 6.07) is 0. The van der Waals surface area contributed by atoms with Crippen LogP contribution in [-0.4, -0.2) is 65.6 Å². The van der Waals surface area contributed by atoms with E-state index < -0.39 is 12.2 Å². The lowest BCUT2D eigenvalue weighted by Gasteiger charge is -2.36. The number of aliphatic hydroxyl groups is 2. The molecule has 0 bridgehead atoms. The van der Waals surface area contributed by atoms with Crippen molar-refractivity contribution in [3.05, 3.63) is 0 Å². The molecule has 0 saturated heterocycles. The molecule has 3 unspecified atom stereocenters. The van der Waals surface area contributed by atoms with Crippen molar-refractivity contribution in [2.45, 2.75) is 52.0 Å². The van der Waals surface area contributed by atoms with Crippen LogP contribution < -0.4 is 0 Å². The van der Waals surface area contributed by atoms with Crippen LogP contribution in [0.1, 0.15) is 33.6 Å². The Bertz CT molecular complexity index is 172. The third-order valence-electron chi connectivity index (χ3n) is 3.14. The van der Waals surface area contributed by atoms with E-state index in [2.05, 4.69) is 23.6 Å². The van der Waals surface area contributed by atoms with E-state index in [9.17, 15) is 10.2 Å². The first-order valence-electron chi connectivity index (χ1n) is 6.24. The Morgan fingerprint density at radius 3 is 1.75 bits per heavy atom. The highest BCUT2D eigenvalue weighted by Crippen LogP contribution is 2.13. The molecule has 0 aliphatic rings. The summed E-state index contributed by atoms with van der Waals surface area (Å²) in [5, 5.41) is 19.5. The lowest BCUT2D eigenvalue weighted by molar-refractivity contribution is -0.0278. The maximum absolute atomic E-state index is 9.87. The molecule has 0 saturated carbocycles. The smallest absolute Gasteiger partial charge is 0.0826 e. The molecule has 98 valence electrons. The highest BCUT2D eigenvalue weighted by atomic mass is 16.3. The van der Waals surface area contributed by atoms with Crippen molar-refractivity contribution in [2.75, 3.05) is 27.2 Å². The Kier molecular flexibility index (Phi) is 7.93. The number of nitrogens with zero attached hydrogens (tertiary/aromatic N) is 2. The van der Waals surface area contributed by atoms with E-state index in [1.807, 2.05) is 21.0 Å². The first-order chi connectivity index (χ1) is 7.47. The van der Waals surface area contributed by atoms with Gasteiger partial charge < -0.3 is 10.2 Å². The van der Waals surface area contributed by atoms with Crippen molar-refractivity contribution >= 4 is 0 Å². The third-order valence-corrected chi connectivity index (χ3v) is 3.14. The maximum Gasteiger partial charge on any atom is 0.0826 e. The van der Waals surface area contributed by atoms with E-state index in [0.29, 0.717) is 12.8 Å². The van der Waals surface area contributed by atoms with Gasteiger partial charge in [0.2, 0.25) is 0 Å². The lowest BCUT2D eigenvalue weighted by atomic mass is 10.1. The van der Waals surface area contributed by atoms with Crippen LogP contribution in [0.25, 0.3) is 0 Å². The first-order valence-corrected chi connectivity index (χ1v) is 6.24. The summed E-state index contributed by atoms with van der Waals surface area (Å²) in [5.41, 5.74) is 0. The van der Waals surface area contributed by atoms with Crippen molar-refractivity contribution in [3.8, 4) is 0 Å². The molecule has 4 heteroatoms. The molecule has 0 aliphatic heterocycles. The number of rotatable bonds is 8. The van der Waals surface area contributed by atoms with Crippen molar-refractivity contribution in [1.82, 2.24) is 9.80 Å². The quantitative estimate of drug-likeness (QED) is 0.606. The standard InChI is InChI=1S/C12H28N2O2/c1-6-10(15)11(16)9-12(13(4)5)14(7-2)8-3/h10-12,15-16H,6-9H2,1-5H3. The van der Waals surface area contributed by atoms with Gasteiger partial charge in [-0.05, 0) is 33.6 Å². The van der Waals surface area contributed by atoms with E-state index in [1.54, 1.807) is 0 Å².